The standard InChI is InChI=1S/C27H25F3N2O3/c1-26(2,16-33)25(35)32-14-18-9-12-21(13-19(18)15-32)31-24(34)23-6-4-3-5-22(23)17-7-10-20(11-8-17)27(28,29)30/h3-13,33H,14-16H2,1-2H3,(H,31,34). The monoisotopic (exact) mass is 482 g/mol. The van der Waals surface area contributed by atoms with Gasteiger partial charge >= 0.3 is 6.18 Å². The van der Waals surface area contributed by atoms with Gasteiger partial charge in [0.15, 0.2) is 0 Å². The molecule has 3 aromatic carbocycles. The number of fused-ring (bicyclic) bond motifs is 1. The second kappa shape index (κ2) is 9.19. The Labute approximate surface area is 201 Å². The van der Waals surface area contributed by atoms with Gasteiger partial charge in [0.1, 0.15) is 0 Å². The van der Waals surface area contributed by atoms with Crippen molar-refractivity contribution in [3.63, 3.8) is 0 Å². The van der Waals surface area contributed by atoms with Gasteiger partial charge < -0.3 is 15.3 Å². The zero-order valence-electron chi connectivity index (χ0n) is 19.3. The van der Waals surface area contributed by atoms with E-state index in [0.717, 1.165) is 23.3 Å². The Bertz CT molecular complexity index is 1270. The molecule has 182 valence electrons. The summed E-state index contributed by atoms with van der Waals surface area (Å²) in [5.74, 6) is -0.542. The Hall–Kier alpha value is -3.65. The first kappa shape index (κ1) is 24.5. The molecule has 5 nitrogen and oxygen atoms in total. The minimum absolute atomic E-state index is 0.146. The zero-order chi connectivity index (χ0) is 25.4. The van der Waals surface area contributed by atoms with Crippen LogP contribution in [0.25, 0.3) is 11.1 Å². The van der Waals surface area contributed by atoms with Gasteiger partial charge in [-0.25, -0.2) is 0 Å². The van der Waals surface area contributed by atoms with Crippen LogP contribution in [-0.2, 0) is 24.1 Å². The van der Waals surface area contributed by atoms with Crippen molar-refractivity contribution >= 4 is 17.5 Å². The summed E-state index contributed by atoms with van der Waals surface area (Å²) in [6.45, 7) is 3.94. The Morgan fingerprint density at radius 2 is 1.60 bits per heavy atom. The van der Waals surface area contributed by atoms with E-state index in [4.69, 9.17) is 0 Å². The third-order valence-electron chi connectivity index (χ3n) is 6.14. The second-order valence-electron chi connectivity index (χ2n) is 9.26. The Kier molecular flexibility index (Phi) is 6.42. The van der Waals surface area contributed by atoms with Crippen LogP contribution in [-0.4, -0.2) is 28.4 Å². The van der Waals surface area contributed by atoms with Crippen molar-refractivity contribution < 1.29 is 27.9 Å². The topological polar surface area (TPSA) is 69.6 Å². The fraction of sp³-hybridized carbons (Fsp3) is 0.259. The van der Waals surface area contributed by atoms with Gasteiger partial charge in [-0.15, -0.1) is 0 Å². The summed E-state index contributed by atoms with van der Waals surface area (Å²) in [6, 6.07) is 16.8. The zero-order valence-corrected chi connectivity index (χ0v) is 19.3. The highest BCUT2D eigenvalue weighted by atomic mass is 19.4. The lowest BCUT2D eigenvalue weighted by Crippen LogP contribution is -2.39. The normalized spacial score (nSPS) is 13.5. The van der Waals surface area contributed by atoms with Crippen molar-refractivity contribution in [1.29, 1.82) is 0 Å². The van der Waals surface area contributed by atoms with E-state index >= 15 is 0 Å². The van der Waals surface area contributed by atoms with Crippen LogP contribution in [0.15, 0.2) is 66.7 Å². The van der Waals surface area contributed by atoms with E-state index in [-0.39, 0.29) is 12.5 Å². The molecule has 35 heavy (non-hydrogen) atoms. The molecule has 8 heteroatoms. The molecule has 0 spiro atoms. The quantitative estimate of drug-likeness (QED) is 0.506. The van der Waals surface area contributed by atoms with Crippen molar-refractivity contribution in [2.75, 3.05) is 11.9 Å². The van der Waals surface area contributed by atoms with Gasteiger partial charge in [0.25, 0.3) is 5.91 Å². The average molecular weight is 483 g/mol. The average Bonchev–Trinajstić information content (AvgIpc) is 3.26. The maximum atomic E-state index is 13.1. The van der Waals surface area contributed by atoms with Crippen LogP contribution in [0, 0.1) is 5.41 Å². The molecular formula is C27H25F3N2O3. The summed E-state index contributed by atoms with van der Waals surface area (Å²) in [7, 11) is 0. The van der Waals surface area contributed by atoms with Crippen LogP contribution >= 0.6 is 0 Å². The van der Waals surface area contributed by atoms with E-state index < -0.39 is 23.1 Å². The smallest absolute Gasteiger partial charge is 0.395 e. The number of aliphatic hydroxyl groups is 1. The van der Waals surface area contributed by atoms with Crippen LogP contribution in [0.5, 0.6) is 0 Å². The van der Waals surface area contributed by atoms with Gasteiger partial charge in [-0.2, -0.15) is 13.2 Å². The number of hydrogen-bond acceptors (Lipinski definition) is 3. The molecule has 0 aromatic heterocycles. The van der Waals surface area contributed by atoms with Crippen molar-refractivity contribution in [2.24, 2.45) is 5.41 Å². The maximum Gasteiger partial charge on any atom is 0.416 e. The molecule has 0 radical (unpaired) electrons. The van der Waals surface area contributed by atoms with Gasteiger partial charge in [-0.3, -0.25) is 9.59 Å². The summed E-state index contributed by atoms with van der Waals surface area (Å²) in [5, 5.41) is 12.4. The molecule has 0 saturated carbocycles. The number of carbonyl (C=O) groups excluding carboxylic acids is 2. The summed E-state index contributed by atoms with van der Waals surface area (Å²) in [4.78, 5) is 27.5. The fourth-order valence-corrected chi connectivity index (χ4v) is 4.08. The van der Waals surface area contributed by atoms with E-state index in [2.05, 4.69) is 5.32 Å². The van der Waals surface area contributed by atoms with Crippen LogP contribution in [0.2, 0.25) is 0 Å². The largest absolute Gasteiger partial charge is 0.416 e. The fourth-order valence-electron chi connectivity index (χ4n) is 4.08. The highest BCUT2D eigenvalue weighted by Gasteiger charge is 2.34. The molecule has 2 N–H and O–H groups in total. The van der Waals surface area contributed by atoms with E-state index in [1.54, 1.807) is 49.1 Å². The first-order chi connectivity index (χ1) is 16.5. The number of aliphatic hydroxyl groups excluding tert-OH is 1. The molecule has 0 saturated heterocycles. The van der Waals surface area contributed by atoms with Crippen LogP contribution < -0.4 is 5.32 Å². The molecule has 1 heterocycles. The molecule has 0 fully saturated rings. The van der Waals surface area contributed by atoms with Crippen molar-refractivity contribution in [1.82, 2.24) is 4.90 Å². The molecule has 0 atom stereocenters. The lowest BCUT2D eigenvalue weighted by Gasteiger charge is -2.27. The van der Waals surface area contributed by atoms with E-state index in [1.807, 2.05) is 12.1 Å². The molecule has 3 aromatic rings. The molecule has 0 bridgehead atoms. The molecule has 0 unspecified atom stereocenters. The third kappa shape index (κ3) is 5.07. The van der Waals surface area contributed by atoms with E-state index in [0.29, 0.717) is 35.5 Å². The minimum atomic E-state index is -4.43. The summed E-state index contributed by atoms with van der Waals surface area (Å²) in [5.41, 5.74) is 2.13. The number of rotatable bonds is 5. The number of carbonyl (C=O) groups is 2. The number of halogens is 3. The number of benzene rings is 3. The van der Waals surface area contributed by atoms with Crippen LogP contribution in [0.1, 0.15) is 40.9 Å². The lowest BCUT2D eigenvalue weighted by molar-refractivity contribution is -0.143. The third-order valence-corrected chi connectivity index (χ3v) is 6.14. The van der Waals surface area contributed by atoms with E-state index in [9.17, 15) is 27.9 Å². The predicted molar refractivity (Wildman–Crippen MR) is 126 cm³/mol. The number of anilines is 1. The second-order valence-corrected chi connectivity index (χ2v) is 9.26. The van der Waals surface area contributed by atoms with E-state index in [1.165, 1.54) is 12.1 Å². The molecule has 1 aliphatic heterocycles. The van der Waals surface area contributed by atoms with Crippen LogP contribution in [0.3, 0.4) is 0 Å². The minimum Gasteiger partial charge on any atom is -0.395 e. The van der Waals surface area contributed by atoms with Crippen molar-refractivity contribution in [3.05, 3.63) is 89.0 Å². The van der Waals surface area contributed by atoms with Gasteiger partial charge in [-0.1, -0.05) is 36.4 Å². The number of amides is 2. The van der Waals surface area contributed by atoms with Gasteiger partial charge in [0.05, 0.1) is 17.6 Å². The van der Waals surface area contributed by atoms with Crippen molar-refractivity contribution in [3.8, 4) is 11.1 Å². The lowest BCUT2D eigenvalue weighted by atomic mass is 9.93. The predicted octanol–water partition coefficient (Wildman–Crippen LogP) is 5.49. The molecule has 1 aliphatic rings. The first-order valence-corrected chi connectivity index (χ1v) is 11.1. The van der Waals surface area contributed by atoms with Gasteiger partial charge in [0, 0.05) is 24.3 Å². The molecular weight excluding hydrogens is 457 g/mol. The van der Waals surface area contributed by atoms with Gasteiger partial charge in [-0.05, 0) is 66.4 Å². The number of hydrogen-bond donors (Lipinski definition) is 2. The summed E-state index contributed by atoms with van der Waals surface area (Å²) < 4.78 is 38.7. The maximum absolute atomic E-state index is 13.1. The molecule has 2 amide bonds. The van der Waals surface area contributed by atoms with Crippen molar-refractivity contribution in [2.45, 2.75) is 33.1 Å². The highest BCUT2D eigenvalue weighted by molar-refractivity contribution is 6.08. The number of nitrogens with one attached hydrogen (secondary N) is 1. The van der Waals surface area contributed by atoms with Gasteiger partial charge in [0.2, 0.25) is 5.91 Å². The Morgan fingerprint density at radius 1 is 0.943 bits per heavy atom. The Balaban J connectivity index is 1.53. The first-order valence-electron chi connectivity index (χ1n) is 11.1. The van der Waals surface area contributed by atoms with Crippen LogP contribution in [0.4, 0.5) is 18.9 Å². The molecule has 4 rings (SSSR count). The number of alkyl halides is 3. The Morgan fingerprint density at radius 3 is 2.26 bits per heavy atom. The number of nitrogens with zero attached hydrogens (tertiary/aromatic N) is 1. The summed E-state index contributed by atoms with van der Waals surface area (Å²) in [6.07, 6.45) is -4.43. The highest BCUT2D eigenvalue weighted by Crippen LogP contribution is 2.33. The molecule has 0 aliphatic carbocycles. The summed E-state index contributed by atoms with van der Waals surface area (Å²) >= 11 is 0. The SMILES string of the molecule is CC(C)(CO)C(=O)N1Cc2ccc(NC(=O)c3ccccc3-c3ccc(C(F)(F)F)cc3)cc2C1.